The highest BCUT2D eigenvalue weighted by atomic mass is 32.1. The van der Waals surface area contributed by atoms with Gasteiger partial charge in [-0.25, -0.2) is 9.37 Å². The molecule has 134 valence electrons. The molecule has 5 nitrogen and oxygen atoms in total. The number of carbonyl (C=O) groups excluding carboxylic acids is 1. The van der Waals surface area contributed by atoms with Crippen molar-refractivity contribution in [1.29, 1.82) is 0 Å². The normalized spacial score (nSPS) is 17.4. The van der Waals surface area contributed by atoms with Crippen LogP contribution in [0, 0.1) is 5.82 Å². The maximum atomic E-state index is 13.0. The molecule has 0 aliphatic carbocycles. The Hall–Kier alpha value is -2.54. The predicted octanol–water partition coefficient (Wildman–Crippen LogP) is 4.23. The number of hydrogen-bond donors (Lipinski definition) is 0. The van der Waals surface area contributed by atoms with Crippen LogP contribution in [0.5, 0.6) is 0 Å². The van der Waals surface area contributed by atoms with Crippen LogP contribution in [-0.4, -0.2) is 27.5 Å². The Bertz CT molecular complexity index is 877. The molecule has 3 heterocycles. The largest absolute Gasteiger partial charge is 0.351 e. The first kappa shape index (κ1) is 16.9. The van der Waals surface area contributed by atoms with E-state index < -0.39 is 0 Å². The molecule has 7 heteroatoms. The van der Waals surface area contributed by atoms with Gasteiger partial charge in [0.25, 0.3) is 5.91 Å². The lowest BCUT2D eigenvalue weighted by molar-refractivity contribution is 0.0569. The van der Waals surface area contributed by atoms with Gasteiger partial charge in [-0.1, -0.05) is 17.3 Å². The number of aromatic nitrogens is 2. The van der Waals surface area contributed by atoms with E-state index in [0.717, 1.165) is 29.8 Å². The lowest BCUT2D eigenvalue weighted by Crippen LogP contribution is -2.38. The number of amides is 1. The monoisotopic (exact) mass is 371 g/mol. The number of benzene rings is 1. The second-order valence-corrected chi connectivity index (χ2v) is 7.29. The molecule has 4 rings (SSSR count). The molecule has 1 unspecified atom stereocenters. The third-order valence-electron chi connectivity index (χ3n) is 4.57. The minimum atomic E-state index is -0.275. The second-order valence-electron chi connectivity index (χ2n) is 6.37. The summed E-state index contributed by atoms with van der Waals surface area (Å²) in [5, 5.41) is 6.90. The Kier molecular flexibility index (Phi) is 4.79. The van der Waals surface area contributed by atoms with E-state index in [1.165, 1.54) is 12.1 Å². The molecule has 1 aliphatic rings. The van der Waals surface area contributed by atoms with Gasteiger partial charge in [0.05, 0.1) is 11.7 Å². The highest BCUT2D eigenvalue weighted by Crippen LogP contribution is 2.33. The number of thiazole rings is 1. The van der Waals surface area contributed by atoms with E-state index in [1.54, 1.807) is 35.7 Å². The van der Waals surface area contributed by atoms with Crippen molar-refractivity contribution in [2.75, 3.05) is 6.54 Å². The maximum absolute atomic E-state index is 13.0. The fourth-order valence-electron chi connectivity index (χ4n) is 3.28. The Labute approximate surface area is 154 Å². The van der Waals surface area contributed by atoms with E-state index in [1.807, 2.05) is 10.3 Å². The van der Waals surface area contributed by atoms with Crippen LogP contribution in [0.2, 0.25) is 0 Å². The zero-order valence-corrected chi connectivity index (χ0v) is 14.9. The molecular weight excluding hydrogens is 353 g/mol. The van der Waals surface area contributed by atoms with Crippen LogP contribution < -0.4 is 0 Å². The van der Waals surface area contributed by atoms with Gasteiger partial charge in [-0.3, -0.25) is 4.79 Å². The molecule has 1 saturated heterocycles. The van der Waals surface area contributed by atoms with E-state index in [9.17, 15) is 9.18 Å². The van der Waals surface area contributed by atoms with E-state index in [4.69, 9.17) is 4.52 Å². The highest BCUT2D eigenvalue weighted by molar-refractivity contribution is 7.09. The third kappa shape index (κ3) is 3.53. The number of hydrogen-bond acceptors (Lipinski definition) is 5. The average Bonchev–Trinajstić information content (AvgIpc) is 3.35. The summed E-state index contributed by atoms with van der Waals surface area (Å²) in [6, 6.07) is 7.91. The van der Waals surface area contributed by atoms with Crippen molar-refractivity contribution in [2.45, 2.75) is 31.7 Å². The van der Waals surface area contributed by atoms with Crippen molar-refractivity contribution in [3.05, 3.63) is 69.8 Å². The van der Waals surface area contributed by atoms with E-state index >= 15 is 0 Å². The number of carbonyl (C=O) groups is 1. The van der Waals surface area contributed by atoms with Crippen molar-refractivity contribution in [1.82, 2.24) is 15.0 Å². The van der Waals surface area contributed by atoms with Crippen LogP contribution in [0.15, 0.2) is 46.4 Å². The molecule has 0 saturated carbocycles. The highest BCUT2D eigenvalue weighted by Gasteiger charge is 2.32. The molecule has 0 N–H and O–H groups in total. The van der Waals surface area contributed by atoms with Crippen molar-refractivity contribution in [3.8, 4) is 0 Å². The van der Waals surface area contributed by atoms with Crippen LogP contribution in [-0.2, 0) is 6.42 Å². The van der Waals surface area contributed by atoms with Gasteiger partial charge in [0.1, 0.15) is 10.8 Å². The van der Waals surface area contributed by atoms with E-state index in [0.29, 0.717) is 18.7 Å². The number of likely N-dealkylation sites (tertiary alicyclic amines) is 1. The summed E-state index contributed by atoms with van der Waals surface area (Å²) in [5.74, 6) is -0.184. The number of piperidine rings is 1. The van der Waals surface area contributed by atoms with Crippen LogP contribution in [0.1, 0.15) is 52.1 Å². The first-order chi connectivity index (χ1) is 12.7. The number of nitrogens with zero attached hydrogens (tertiary/aromatic N) is 3. The van der Waals surface area contributed by atoms with Gasteiger partial charge in [-0.05, 0) is 37.0 Å². The van der Waals surface area contributed by atoms with E-state index in [2.05, 4.69) is 10.1 Å². The minimum absolute atomic E-state index is 0.00176. The molecule has 1 fully saturated rings. The lowest BCUT2D eigenvalue weighted by Gasteiger charge is -2.33. The summed E-state index contributed by atoms with van der Waals surface area (Å²) in [4.78, 5) is 19.2. The number of halogens is 1. The zero-order valence-electron chi connectivity index (χ0n) is 14.1. The van der Waals surface area contributed by atoms with Gasteiger partial charge in [0.2, 0.25) is 5.76 Å². The maximum Gasteiger partial charge on any atom is 0.293 e. The van der Waals surface area contributed by atoms with Crippen LogP contribution in [0.3, 0.4) is 0 Å². The Morgan fingerprint density at radius 2 is 2.15 bits per heavy atom. The van der Waals surface area contributed by atoms with E-state index in [-0.39, 0.29) is 23.5 Å². The summed E-state index contributed by atoms with van der Waals surface area (Å²) in [6.45, 7) is 0.692. The minimum Gasteiger partial charge on any atom is -0.351 e. The summed E-state index contributed by atoms with van der Waals surface area (Å²) >= 11 is 1.57. The van der Waals surface area contributed by atoms with Crippen LogP contribution in [0.25, 0.3) is 0 Å². The van der Waals surface area contributed by atoms with Gasteiger partial charge >= 0.3 is 0 Å². The summed E-state index contributed by atoms with van der Waals surface area (Å²) in [7, 11) is 0. The standard InChI is InChI=1S/C19H18FN3O2S/c20-14-6-4-13(5-7-14)11-15-12-17(25-22-15)19(24)23-9-2-1-3-16(23)18-21-8-10-26-18/h4-8,10,12,16H,1-3,9,11H2. The van der Waals surface area contributed by atoms with Gasteiger partial charge in [-0.2, -0.15) is 0 Å². The van der Waals surface area contributed by atoms with Crippen molar-refractivity contribution in [3.63, 3.8) is 0 Å². The summed E-state index contributed by atoms with van der Waals surface area (Å²) in [6.07, 6.45) is 5.24. The Morgan fingerprint density at radius 1 is 1.31 bits per heavy atom. The zero-order chi connectivity index (χ0) is 17.9. The first-order valence-electron chi connectivity index (χ1n) is 8.61. The Morgan fingerprint density at radius 3 is 2.92 bits per heavy atom. The van der Waals surface area contributed by atoms with Crippen molar-refractivity contribution < 1.29 is 13.7 Å². The summed E-state index contributed by atoms with van der Waals surface area (Å²) in [5.41, 5.74) is 1.57. The Balaban J connectivity index is 1.50. The lowest BCUT2D eigenvalue weighted by atomic mass is 10.0. The molecule has 1 atom stereocenters. The SMILES string of the molecule is O=C(c1cc(Cc2ccc(F)cc2)no1)N1CCCCC1c1nccs1. The average molecular weight is 371 g/mol. The molecule has 0 spiro atoms. The topological polar surface area (TPSA) is 59.2 Å². The van der Waals surface area contributed by atoms with Gasteiger partial charge < -0.3 is 9.42 Å². The molecule has 26 heavy (non-hydrogen) atoms. The smallest absolute Gasteiger partial charge is 0.293 e. The third-order valence-corrected chi connectivity index (χ3v) is 5.45. The quantitative estimate of drug-likeness (QED) is 0.689. The molecule has 1 aromatic carbocycles. The molecular formula is C19H18FN3O2S. The molecule has 0 radical (unpaired) electrons. The molecule has 2 aromatic heterocycles. The molecule has 0 bridgehead atoms. The molecule has 3 aromatic rings. The fourth-order valence-corrected chi connectivity index (χ4v) is 4.06. The van der Waals surface area contributed by atoms with Gasteiger partial charge in [0, 0.05) is 30.6 Å². The molecule has 1 amide bonds. The van der Waals surface area contributed by atoms with Crippen LogP contribution >= 0.6 is 11.3 Å². The molecule has 1 aliphatic heterocycles. The summed E-state index contributed by atoms with van der Waals surface area (Å²) < 4.78 is 18.3. The van der Waals surface area contributed by atoms with Crippen LogP contribution in [0.4, 0.5) is 4.39 Å². The predicted molar refractivity (Wildman–Crippen MR) is 95.5 cm³/mol. The van der Waals surface area contributed by atoms with Crippen molar-refractivity contribution in [2.24, 2.45) is 0 Å². The second kappa shape index (κ2) is 7.37. The van der Waals surface area contributed by atoms with Gasteiger partial charge in [-0.15, -0.1) is 11.3 Å². The first-order valence-corrected chi connectivity index (χ1v) is 9.49. The van der Waals surface area contributed by atoms with Gasteiger partial charge in [0.15, 0.2) is 0 Å². The van der Waals surface area contributed by atoms with Crippen molar-refractivity contribution >= 4 is 17.2 Å². The fraction of sp³-hybridized carbons (Fsp3) is 0.316. The number of rotatable bonds is 4.